The Hall–Kier alpha value is -3.18. The fraction of sp³-hybridized carbons (Fsp3) is 0.200. The molecule has 3 aromatic carbocycles. The lowest BCUT2D eigenvalue weighted by atomic mass is 9.91. The maximum absolute atomic E-state index is 14.0. The number of hydrogen-bond donors (Lipinski definition) is 0. The minimum absolute atomic E-state index is 0.0754. The Balaban J connectivity index is 1.49. The fourth-order valence-electron chi connectivity index (χ4n) is 3.66. The van der Waals surface area contributed by atoms with E-state index in [1.54, 1.807) is 11.0 Å². The van der Waals surface area contributed by atoms with Crippen LogP contribution in [0.25, 0.3) is 11.1 Å². The molecule has 158 valence electrons. The van der Waals surface area contributed by atoms with Crippen LogP contribution in [0.5, 0.6) is 5.75 Å². The number of rotatable bonds is 8. The number of carbonyl (C=O) groups excluding carboxylic acids is 2. The van der Waals surface area contributed by atoms with Crippen LogP contribution in [0.4, 0.5) is 10.1 Å². The summed E-state index contributed by atoms with van der Waals surface area (Å²) in [4.78, 5) is 25.2. The van der Waals surface area contributed by atoms with Gasteiger partial charge in [0.15, 0.2) is 0 Å². The predicted molar refractivity (Wildman–Crippen MR) is 119 cm³/mol. The summed E-state index contributed by atoms with van der Waals surface area (Å²) in [5.41, 5.74) is 3.14. The van der Waals surface area contributed by atoms with Gasteiger partial charge in [-0.1, -0.05) is 42.5 Å². The summed E-state index contributed by atoms with van der Waals surface area (Å²) in [6, 6.07) is 21.6. The molecule has 0 radical (unpaired) electrons. The second-order valence-electron chi connectivity index (χ2n) is 7.50. The van der Waals surface area contributed by atoms with E-state index in [2.05, 4.69) is 0 Å². The van der Waals surface area contributed by atoms with E-state index < -0.39 is 5.24 Å². The van der Waals surface area contributed by atoms with E-state index in [1.165, 1.54) is 12.1 Å². The number of benzene rings is 3. The molecule has 4 rings (SSSR count). The molecule has 1 heterocycles. The average molecular weight is 438 g/mol. The summed E-state index contributed by atoms with van der Waals surface area (Å²) >= 11 is 5.38. The number of anilines is 1. The van der Waals surface area contributed by atoms with Crippen molar-refractivity contribution in [3.63, 3.8) is 0 Å². The van der Waals surface area contributed by atoms with Crippen LogP contribution in [-0.2, 0) is 16.2 Å². The van der Waals surface area contributed by atoms with Gasteiger partial charge in [-0.15, -0.1) is 0 Å². The van der Waals surface area contributed by atoms with E-state index in [9.17, 15) is 14.0 Å². The zero-order valence-corrected chi connectivity index (χ0v) is 17.5. The summed E-state index contributed by atoms with van der Waals surface area (Å²) in [7, 11) is 0. The summed E-state index contributed by atoms with van der Waals surface area (Å²) in [5, 5.41) is -0.441. The molecule has 0 bridgehead atoms. The highest BCUT2D eigenvalue weighted by atomic mass is 35.5. The summed E-state index contributed by atoms with van der Waals surface area (Å²) in [5.74, 6) is 0.0276. The molecule has 0 N–H and O–H groups in total. The Morgan fingerprint density at radius 2 is 1.81 bits per heavy atom. The first-order valence-corrected chi connectivity index (χ1v) is 10.5. The van der Waals surface area contributed by atoms with E-state index in [1.807, 2.05) is 54.6 Å². The number of ether oxygens (including phenoxy) is 1. The zero-order valence-electron chi connectivity index (χ0n) is 16.8. The molecule has 1 unspecified atom stereocenters. The summed E-state index contributed by atoms with van der Waals surface area (Å²) in [6.45, 7) is 0.944. The molecule has 0 saturated carbocycles. The van der Waals surface area contributed by atoms with Gasteiger partial charge in [-0.3, -0.25) is 9.59 Å². The molecule has 4 nitrogen and oxygen atoms in total. The maximum Gasteiger partial charge on any atom is 0.231 e. The molecule has 0 aromatic heterocycles. The molecule has 31 heavy (non-hydrogen) atoms. The summed E-state index contributed by atoms with van der Waals surface area (Å²) in [6.07, 6.45) is 0.605. The minimum atomic E-state index is -0.441. The molecule has 1 atom stereocenters. The highest BCUT2D eigenvalue weighted by Gasteiger charge is 2.38. The Bertz CT molecular complexity index is 1090. The second-order valence-corrected chi connectivity index (χ2v) is 7.92. The van der Waals surface area contributed by atoms with E-state index in [0.29, 0.717) is 36.6 Å². The molecule has 3 aromatic rings. The quantitative estimate of drug-likeness (QED) is 0.341. The Kier molecular flexibility index (Phi) is 6.33. The standard InChI is InChI=1S/C25H21ClFNO3/c26-24(29)13-8-19-15-28(25(19)30)23-12-9-20(27)14-22(23)18-6-10-21(11-7-18)31-16-17-4-2-1-3-5-17/h1-7,9-12,14,19H,8,13,15-16H2. The van der Waals surface area contributed by atoms with Crippen molar-refractivity contribution in [1.29, 1.82) is 0 Å². The van der Waals surface area contributed by atoms with Gasteiger partial charge < -0.3 is 9.64 Å². The molecule has 1 amide bonds. The monoisotopic (exact) mass is 437 g/mol. The van der Waals surface area contributed by atoms with Gasteiger partial charge in [-0.05, 0) is 59.5 Å². The van der Waals surface area contributed by atoms with Crippen LogP contribution in [-0.4, -0.2) is 17.7 Å². The van der Waals surface area contributed by atoms with Crippen molar-refractivity contribution in [2.24, 2.45) is 5.92 Å². The third-order valence-electron chi connectivity index (χ3n) is 5.37. The average Bonchev–Trinajstić information content (AvgIpc) is 2.78. The van der Waals surface area contributed by atoms with Crippen molar-refractivity contribution < 1.29 is 18.7 Å². The van der Waals surface area contributed by atoms with Gasteiger partial charge >= 0.3 is 0 Å². The van der Waals surface area contributed by atoms with Crippen LogP contribution in [0, 0.1) is 11.7 Å². The van der Waals surface area contributed by atoms with Crippen LogP contribution in [0.1, 0.15) is 18.4 Å². The van der Waals surface area contributed by atoms with Crippen molar-refractivity contribution in [2.75, 3.05) is 11.4 Å². The van der Waals surface area contributed by atoms with Crippen molar-refractivity contribution in [3.8, 4) is 16.9 Å². The number of amides is 1. The highest BCUT2D eigenvalue weighted by Crippen LogP contribution is 2.37. The number of carbonyl (C=O) groups is 2. The van der Waals surface area contributed by atoms with Crippen molar-refractivity contribution in [3.05, 3.63) is 84.2 Å². The lowest BCUT2D eigenvalue weighted by molar-refractivity contribution is -0.127. The molecule has 0 aliphatic carbocycles. The van der Waals surface area contributed by atoms with Gasteiger partial charge in [0.1, 0.15) is 18.2 Å². The highest BCUT2D eigenvalue weighted by molar-refractivity contribution is 6.63. The van der Waals surface area contributed by atoms with E-state index in [4.69, 9.17) is 16.3 Å². The molecule has 6 heteroatoms. The van der Waals surface area contributed by atoms with Crippen LogP contribution in [0.2, 0.25) is 0 Å². The molecule has 1 aliphatic rings. The van der Waals surface area contributed by atoms with E-state index in [0.717, 1.165) is 11.1 Å². The van der Waals surface area contributed by atoms with Crippen LogP contribution >= 0.6 is 11.6 Å². The number of nitrogens with zero attached hydrogens (tertiary/aromatic N) is 1. The van der Waals surface area contributed by atoms with E-state index >= 15 is 0 Å². The van der Waals surface area contributed by atoms with Crippen molar-refractivity contribution in [2.45, 2.75) is 19.4 Å². The van der Waals surface area contributed by atoms with Crippen LogP contribution < -0.4 is 9.64 Å². The Labute approximate surface area is 185 Å². The predicted octanol–water partition coefficient (Wildman–Crippen LogP) is 5.58. The summed E-state index contributed by atoms with van der Waals surface area (Å²) < 4.78 is 19.8. The SMILES string of the molecule is O=C(Cl)CCC1CN(c2ccc(F)cc2-c2ccc(OCc3ccccc3)cc2)C1=O. The number of halogens is 2. The second kappa shape index (κ2) is 9.31. The molecule has 0 spiro atoms. The molecule has 1 saturated heterocycles. The van der Waals surface area contributed by atoms with Gasteiger partial charge in [0.25, 0.3) is 0 Å². The van der Waals surface area contributed by atoms with E-state index in [-0.39, 0.29) is 24.1 Å². The fourth-order valence-corrected chi connectivity index (χ4v) is 3.77. The third-order valence-corrected chi connectivity index (χ3v) is 5.56. The molecule has 1 fully saturated rings. The van der Waals surface area contributed by atoms with Crippen molar-refractivity contribution in [1.82, 2.24) is 0 Å². The van der Waals surface area contributed by atoms with Gasteiger partial charge in [0.2, 0.25) is 11.1 Å². The first kappa shape index (κ1) is 21.1. The topological polar surface area (TPSA) is 46.6 Å². The zero-order chi connectivity index (χ0) is 21.8. The van der Waals surface area contributed by atoms with Gasteiger partial charge in [0, 0.05) is 18.5 Å². The Morgan fingerprint density at radius 3 is 2.48 bits per heavy atom. The minimum Gasteiger partial charge on any atom is -0.489 e. The lowest BCUT2D eigenvalue weighted by Crippen LogP contribution is -2.53. The van der Waals surface area contributed by atoms with Gasteiger partial charge in [-0.25, -0.2) is 4.39 Å². The smallest absolute Gasteiger partial charge is 0.231 e. The lowest BCUT2D eigenvalue weighted by Gasteiger charge is -2.39. The van der Waals surface area contributed by atoms with Gasteiger partial charge in [-0.2, -0.15) is 0 Å². The van der Waals surface area contributed by atoms with Crippen LogP contribution in [0.3, 0.4) is 0 Å². The first-order chi connectivity index (χ1) is 15.0. The first-order valence-electron chi connectivity index (χ1n) is 10.1. The van der Waals surface area contributed by atoms with Gasteiger partial charge in [0.05, 0.1) is 11.6 Å². The van der Waals surface area contributed by atoms with Crippen molar-refractivity contribution >= 4 is 28.4 Å². The van der Waals surface area contributed by atoms with Crippen LogP contribution in [0.15, 0.2) is 72.8 Å². The molecule has 1 aliphatic heterocycles. The molecular formula is C25H21ClFNO3. The normalized spacial score (nSPS) is 15.5. The Morgan fingerprint density at radius 1 is 1.06 bits per heavy atom. The number of β-lactam (4-membered cyclic amide) rings is 1. The third kappa shape index (κ3) is 4.94. The largest absolute Gasteiger partial charge is 0.489 e. The maximum atomic E-state index is 14.0. The number of hydrogen-bond acceptors (Lipinski definition) is 3. The molecular weight excluding hydrogens is 417 g/mol.